The molecular formula is C25H38N2O7. The highest BCUT2D eigenvalue weighted by Gasteiger charge is 2.49. The number of carbonyl (C=O) groups is 4. The third kappa shape index (κ3) is 8.44. The van der Waals surface area contributed by atoms with Gasteiger partial charge in [-0.15, -0.1) is 0 Å². The molecule has 0 unspecified atom stereocenters. The van der Waals surface area contributed by atoms with Gasteiger partial charge < -0.3 is 19.8 Å². The summed E-state index contributed by atoms with van der Waals surface area (Å²) in [4.78, 5) is 48.2. The van der Waals surface area contributed by atoms with Crippen molar-refractivity contribution in [1.29, 1.82) is 0 Å². The maximum Gasteiger partial charge on any atom is 0.414 e. The molecule has 0 spiro atoms. The molecule has 9 heteroatoms. The lowest BCUT2D eigenvalue weighted by atomic mass is 9.84. The second-order valence-corrected chi connectivity index (χ2v) is 8.31. The fourth-order valence-corrected chi connectivity index (χ4v) is 4.16. The molecule has 1 saturated heterocycles. The first-order chi connectivity index (χ1) is 16.2. The van der Waals surface area contributed by atoms with Crippen molar-refractivity contribution in [2.45, 2.75) is 70.8 Å². The third-order valence-corrected chi connectivity index (χ3v) is 6.00. The summed E-state index contributed by atoms with van der Waals surface area (Å²) in [7, 11) is 1.42. The minimum absolute atomic E-state index is 0.0374. The van der Waals surface area contributed by atoms with Gasteiger partial charge in [0, 0.05) is 25.2 Å². The molecule has 0 aromatic heterocycles. The smallest absolute Gasteiger partial charge is 0.414 e. The number of carboxylic acids is 2. The van der Waals surface area contributed by atoms with Gasteiger partial charge in [0.15, 0.2) is 0 Å². The number of ether oxygens (including phenoxy) is 1. The molecule has 1 heterocycles. The molecule has 1 aromatic carbocycles. The van der Waals surface area contributed by atoms with Crippen molar-refractivity contribution in [2.75, 3.05) is 31.6 Å². The lowest BCUT2D eigenvalue weighted by molar-refractivity contribution is -0.159. The Kier molecular flexibility index (Phi) is 12.9. The zero-order valence-electron chi connectivity index (χ0n) is 20.5. The van der Waals surface area contributed by atoms with Gasteiger partial charge in [0.2, 0.25) is 5.91 Å². The molecule has 1 aliphatic heterocycles. The summed E-state index contributed by atoms with van der Waals surface area (Å²) in [6.45, 7) is 6.75. The normalized spacial score (nSPS) is 14.9. The number of piperidine rings is 1. The number of esters is 1. The highest BCUT2D eigenvalue weighted by molar-refractivity contribution is 6.27. The molecule has 9 nitrogen and oxygen atoms in total. The standard InChI is InChI=1S/C23H36N2O3.C2H2O4/c1-4-6-7-8-12-17-24-18-15-23(16-19-24,22(27)28-3)25(21(26)5-2)20-13-10-9-11-14-20;3-1(4)2(5)6/h9-11,13-14H,4-8,12,15-19H2,1-3H3;(H,3,4)(H,5,6). The minimum Gasteiger partial charge on any atom is -0.473 e. The molecule has 0 bridgehead atoms. The number of hydrogen-bond donors (Lipinski definition) is 2. The predicted molar refractivity (Wildman–Crippen MR) is 129 cm³/mol. The largest absolute Gasteiger partial charge is 0.473 e. The average molecular weight is 479 g/mol. The predicted octanol–water partition coefficient (Wildman–Crippen LogP) is 3.56. The molecule has 1 aromatic rings. The van der Waals surface area contributed by atoms with Crippen LogP contribution >= 0.6 is 0 Å². The van der Waals surface area contributed by atoms with Crippen LogP contribution in [0.3, 0.4) is 0 Å². The van der Waals surface area contributed by atoms with E-state index in [1.54, 1.807) is 4.90 Å². The van der Waals surface area contributed by atoms with Crippen molar-refractivity contribution in [2.24, 2.45) is 0 Å². The molecule has 2 N–H and O–H groups in total. The molecule has 34 heavy (non-hydrogen) atoms. The number of likely N-dealkylation sites (tertiary alicyclic amines) is 1. The van der Waals surface area contributed by atoms with E-state index in [4.69, 9.17) is 24.5 Å². The van der Waals surface area contributed by atoms with Crippen molar-refractivity contribution < 1.29 is 34.1 Å². The summed E-state index contributed by atoms with van der Waals surface area (Å²) in [5.74, 6) is -3.99. The molecule has 0 aliphatic carbocycles. The maximum absolute atomic E-state index is 12.9. The van der Waals surface area contributed by atoms with Crippen LogP contribution in [0.5, 0.6) is 0 Å². The van der Waals surface area contributed by atoms with Crippen LogP contribution in [0.15, 0.2) is 30.3 Å². The molecule has 1 fully saturated rings. The Labute approximate surface area is 201 Å². The molecule has 0 atom stereocenters. The van der Waals surface area contributed by atoms with Crippen LogP contribution in [0, 0.1) is 0 Å². The van der Waals surface area contributed by atoms with Gasteiger partial charge in [0.1, 0.15) is 5.54 Å². The van der Waals surface area contributed by atoms with Crippen LogP contribution < -0.4 is 4.90 Å². The summed E-state index contributed by atoms with van der Waals surface area (Å²) < 4.78 is 5.20. The Bertz CT molecular complexity index is 778. The highest BCUT2D eigenvalue weighted by Crippen LogP contribution is 2.35. The summed E-state index contributed by atoms with van der Waals surface area (Å²) in [6, 6.07) is 9.53. The van der Waals surface area contributed by atoms with E-state index in [-0.39, 0.29) is 11.9 Å². The van der Waals surface area contributed by atoms with Gasteiger partial charge in [0.05, 0.1) is 7.11 Å². The van der Waals surface area contributed by atoms with Gasteiger partial charge in [0.25, 0.3) is 0 Å². The van der Waals surface area contributed by atoms with Crippen LogP contribution in [-0.4, -0.2) is 71.2 Å². The van der Waals surface area contributed by atoms with Crippen molar-refractivity contribution >= 4 is 29.5 Å². The number of hydrogen-bond acceptors (Lipinski definition) is 6. The third-order valence-electron chi connectivity index (χ3n) is 6.00. The van der Waals surface area contributed by atoms with E-state index in [1.807, 2.05) is 37.3 Å². The summed E-state index contributed by atoms with van der Waals surface area (Å²) in [6.07, 6.45) is 7.88. The Morgan fingerprint density at radius 3 is 1.97 bits per heavy atom. The molecule has 1 aliphatic rings. The summed E-state index contributed by atoms with van der Waals surface area (Å²) >= 11 is 0. The summed E-state index contributed by atoms with van der Waals surface area (Å²) in [5, 5.41) is 14.8. The van der Waals surface area contributed by atoms with Crippen LogP contribution in [0.1, 0.15) is 65.2 Å². The molecule has 190 valence electrons. The zero-order chi connectivity index (χ0) is 25.6. The Morgan fingerprint density at radius 1 is 0.941 bits per heavy atom. The molecule has 0 radical (unpaired) electrons. The number of carboxylic acid groups (broad SMARTS) is 2. The van der Waals surface area contributed by atoms with Gasteiger partial charge in [-0.2, -0.15) is 0 Å². The van der Waals surface area contributed by atoms with Crippen LogP contribution in [0.4, 0.5) is 5.69 Å². The maximum atomic E-state index is 12.9. The van der Waals surface area contributed by atoms with Crippen molar-refractivity contribution in [1.82, 2.24) is 4.90 Å². The Balaban J connectivity index is 0.000000852. The van der Waals surface area contributed by atoms with Crippen LogP contribution in [0.2, 0.25) is 0 Å². The minimum atomic E-state index is -1.82. The van der Waals surface area contributed by atoms with E-state index in [1.165, 1.54) is 39.2 Å². The van der Waals surface area contributed by atoms with Crippen molar-refractivity contribution in [3.05, 3.63) is 30.3 Å². The van der Waals surface area contributed by atoms with Crippen LogP contribution in [0.25, 0.3) is 0 Å². The van der Waals surface area contributed by atoms with Crippen molar-refractivity contribution in [3.8, 4) is 0 Å². The monoisotopic (exact) mass is 478 g/mol. The first-order valence-corrected chi connectivity index (χ1v) is 11.9. The highest BCUT2D eigenvalue weighted by atomic mass is 16.5. The molecular weight excluding hydrogens is 440 g/mol. The van der Waals surface area contributed by atoms with Gasteiger partial charge in [-0.05, 0) is 37.9 Å². The SMILES string of the molecule is CCCCCCCN1CCC(C(=O)OC)(N(C(=O)CC)c2ccccc2)CC1.O=C(O)C(=O)O. The van der Waals surface area contributed by atoms with E-state index in [2.05, 4.69) is 11.8 Å². The number of carbonyl (C=O) groups excluding carboxylic acids is 2. The number of benzene rings is 1. The zero-order valence-corrected chi connectivity index (χ0v) is 20.5. The van der Waals surface area contributed by atoms with E-state index < -0.39 is 17.5 Å². The second kappa shape index (κ2) is 15.1. The lowest BCUT2D eigenvalue weighted by Gasteiger charge is -2.46. The molecule has 0 saturated carbocycles. The number of aliphatic carboxylic acids is 2. The number of para-hydroxylation sites is 1. The first-order valence-electron chi connectivity index (χ1n) is 11.9. The topological polar surface area (TPSA) is 124 Å². The van der Waals surface area contributed by atoms with Gasteiger partial charge in [-0.25, -0.2) is 14.4 Å². The number of methoxy groups -OCH3 is 1. The van der Waals surface area contributed by atoms with E-state index in [9.17, 15) is 9.59 Å². The Morgan fingerprint density at radius 2 is 1.50 bits per heavy atom. The average Bonchev–Trinajstić information content (AvgIpc) is 2.85. The second-order valence-electron chi connectivity index (χ2n) is 8.31. The van der Waals surface area contributed by atoms with Crippen molar-refractivity contribution in [3.63, 3.8) is 0 Å². The molecule has 1 amide bonds. The molecule has 2 rings (SSSR count). The van der Waals surface area contributed by atoms with E-state index in [0.29, 0.717) is 19.3 Å². The number of anilines is 1. The Hall–Kier alpha value is -2.94. The number of unbranched alkanes of at least 4 members (excludes halogenated alkanes) is 4. The van der Waals surface area contributed by atoms with E-state index in [0.717, 1.165) is 25.3 Å². The fraction of sp³-hybridized carbons (Fsp3) is 0.600. The van der Waals surface area contributed by atoms with Gasteiger partial charge >= 0.3 is 17.9 Å². The first kappa shape index (κ1) is 29.1. The van der Waals surface area contributed by atoms with Gasteiger partial charge in [-0.3, -0.25) is 9.69 Å². The number of rotatable bonds is 10. The number of amides is 1. The summed E-state index contributed by atoms with van der Waals surface area (Å²) in [5.41, 5.74) is -0.144. The lowest BCUT2D eigenvalue weighted by Crippen LogP contribution is -2.62. The van der Waals surface area contributed by atoms with Gasteiger partial charge in [-0.1, -0.05) is 57.7 Å². The fourth-order valence-electron chi connectivity index (χ4n) is 4.16. The van der Waals surface area contributed by atoms with Crippen LogP contribution in [-0.2, 0) is 23.9 Å². The number of nitrogens with zero attached hydrogens (tertiary/aromatic N) is 2. The van der Waals surface area contributed by atoms with E-state index >= 15 is 0 Å². The quantitative estimate of drug-likeness (QED) is 0.297.